The molecule has 23 heavy (non-hydrogen) atoms. The Morgan fingerprint density at radius 3 is 2.13 bits per heavy atom. The van der Waals surface area contributed by atoms with Crippen molar-refractivity contribution in [2.24, 2.45) is 17.3 Å². The van der Waals surface area contributed by atoms with Gasteiger partial charge in [0.15, 0.2) is 0 Å². The summed E-state index contributed by atoms with van der Waals surface area (Å²) >= 11 is 0. The number of nitrogens with zero attached hydrogens (tertiary/aromatic N) is 1. The van der Waals surface area contributed by atoms with Gasteiger partial charge in [0.1, 0.15) is 5.60 Å². The number of rotatable bonds is 5. The zero-order valence-corrected chi connectivity index (χ0v) is 15.4. The third-order valence-electron chi connectivity index (χ3n) is 5.65. The number of hydrogen-bond acceptors (Lipinski definition) is 3. The second kappa shape index (κ2) is 6.27. The fourth-order valence-electron chi connectivity index (χ4n) is 3.73. The first kappa shape index (κ1) is 17.1. The van der Waals surface area contributed by atoms with Crippen molar-refractivity contribution < 1.29 is 9.53 Å². The maximum absolute atomic E-state index is 12.2. The standard InChI is InChI=1S/C19H34N2O2/c1-18(2,3)23-17(22)21-11-9-19(4,10-12-21)13-20-16(14-5-6-14)15-7-8-15/h14-16,20H,5-13H2,1-4H3. The van der Waals surface area contributed by atoms with Crippen molar-refractivity contribution in [2.75, 3.05) is 19.6 Å². The van der Waals surface area contributed by atoms with E-state index in [1.165, 1.54) is 25.7 Å². The fraction of sp³-hybridized carbons (Fsp3) is 0.947. The van der Waals surface area contributed by atoms with Crippen molar-refractivity contribution in [2.45, 2.75) is 77.9 Å². The van der Waals surface area contributed by atoms with Gasteiger partial charge in [0.05, 0.1) is 0 Å². The van der Waals surface area contributed by atoms with Crippen LogP contribution >= 0.6 is 0 Å². The van der Waals surface area contributed by atoms with Crippen LogP contribution in [0.25, 0.3) is 0 Å². The van der Waals surface area contributed by atoms with Gasteiger partial charge in [-0.1, -0.05) is 6.92 Å². The van der Waals surface area contributed by atoms with E-state index in [4.69, 9.17) is 4.74 Å². The van der Waals surface area contributed by atoms with E-state index in [2.05, 4.69) is 12.2 Å². The van der Waals surface area contributed by atoms with E-state index in [-0.39, 0.29) is 6.09 Å². The lowest BCUT2D eigenvalue weighted by atomic mass is 9.80. The Morgan fingerprint density at radius 1 is 1.17 bits per heavy atom. The van der Waals surface area contributed by atoms with Gasteiger partial charge in [-0.15, -0.1) is 0 Å². The molecule has 1 N–H and O–H groups in total. The summed E-state index contributed by atoms with van der Waals surface area (Å²) in [6, 6.07) is 0.774. The minimum atomic E-state index is -0.402. The molecule has 4 heteroatoms. The molecule has 0 aromatic heterocycles. The zero-order valence-electron chi connectivity index (χ0n) is 15.4. The van der Waals surface area contributed by atoms with Gasteiger partial charge in [-0.3, -0.25) is 0 Å². The quantitative estimate of drug-likeness (QED) is 0.837. The third-order valence-corrected chi connectivity index (χ3v) is 5.65. The maximum Gasteiger partial charge on any atom is 0.410 e. The van der Waals surface area contributed by atoms with Crippen LogP contribution in [0.4, 0.5) is 4.79 Å². The van der Waals surface area contributed by atoms with Crippen LogP contribution in [0.1, 0.15) is 66.2 Å². The Hall–Kier alpha value is -0.770. The monoisotopic (exact) mass is 322 g/mol. The first-order valence-electron chi connectivity index (χ1n) is 9.47. The first-order chi connectivity index (χ1) is 10.8. The number of carbonyl (C=O) groups is 1. The van der Waals surface area contributed by atoms with Gasteiger partial charge in [0.25, 0.3) is 0 Å². The van der Waals surface area contributed by atoms with Crippen LogP contribution in [0.15, 0.2) is 0 Å². The molecule has 0 aromatic carbocycles. The van der Waals surface area contributed by atoms with Crippen LogP contribution < -0.4 is 5.32 Å². The number of carbonyl (C=O) groups excluding carboxylic acids is 1. The summed E-state index contributed by atoms with van der Waals surface area (Å²) in [5, 5.41) is 3.90. The molecule has 3 fully saturated rings. The van der Waals surface area contributed by atoms with Crippen molar-refractivity contribution in [3.63, 3.8) is 0 Å². The highest BCUT2D eigenvalue weighted by molar-refractivity contribution is 5.68. The SMILES string of the molecule is CC1(CNC(C2CC2)C2CC2)CCN(C(=O)OC(C)(C)C)CC1. The molecule has 4 nitrogen and oxygen atoms in total. The van der Waals surface area contributed by atoms with E-state index in [1.807, 2.05) is 25.7 Å². The summed E-state index contributed by atoms with van der Waals surface area (Å²) in [7, 11) is 0. The minimum Gasteiger partial charge on any atom is -0.444 e. The lowest BCUT2D eigenvalue weighted by molar-refractivity contribution is 0.0116. The van der Waals surface area contributed by atoms with E-state index in [0.29, 0.717) is 5.41 Å². The van der Waals surface area contributed by atoms with Crippen LogP contribution in [-0.4, -0.2) is 42.3 Å². The average Bonchev–Trinajstić information content (AvgIpc) is 3.32. The average molecular weight is 322 g/mol. The zero-order chi connectivity index (χ0) is 16.7. The van der Waals surface area contributed by atoms with Gasteiger partial charge in [-0.25, -0.2) is 4.79 Å². The summed E-state index contributed by atoms with van der Waals surface area (Å²) in [6.07, 6.45) is 7.70. The Morgan fingerprint density at radius 2 is 1.70 bits per heavy atom. The summed E-state index contributed by atoms with van der Waals surface area (Å²) in [5.41, 5.74) is -0.0817. The largest absolute Gasteiger partial charge is 0.444 e. The Balaban J connectivity index is 1.44. The molecule has 0 spiro atoms. The molecule has 0 unspecified atom stereocenters. The van der Waals surface area contributed by atoms with E-state index < -0.39 is 5.60 Å². The second-order valence-corrected chi connectivity index (χ2v) is 9.36. The topological polar surface area (TPSA) is 41.6 Å². The summed E-state index contributed by atoms with van der Waals surface area (Å²) in [4.78, 5) is 14.1. The van der Waals surface area contributed by atoms with Gasteiger partial charge >= 0.3 is 6.09 Å². The summed E-state index contributed by atoms with van der Waals surface area (Å²) in [6.45, 7) is 10.9. The molecule has 1 aliphatic heterocycles. The van der Waals surface area contributed by atoms with E-state index >= 15 is 0 Å². The van der Waals surface area contributed by atoms with Crippen molar-refractivity contribution in [1.29, 1.82) is 0 Å². The number of likely N-dealkylation sites (tertiary alicyclic amines) is 1. The molecule has 1 amide bonds. The molecular formula is C19H34N2O2. The van der Waals surface area contributed by atoms with Crippen LogP contribution in [0.3, 0.4) is 0 Å². The second-order valence-electron chi connectivity index (χ2n) is 9.36. The van der Waals surface area contributed by atoms with Crippen molar-refractivity contribution in [1.82, 2.24) is 10.2 Å². The fourth-order valence-corrected chi connectivity index (χ4v) is 3.73. The Bertz CT molecular complexity index is 415. The molecule has 0 atom stereocenters. The van der Waals surface area contributed by atoms with Gasteiger partial charge in [-0.05, 0) is 76.5 Å². The van der Waals surface area contributed by atoms with Gasteiger partial charge in [-0.2, -0.15) is 0 Å². The molecule has 132 valence electrons. The molecule has 0 bridgehead atoms. The molecule has 3 aliphatic rings. The Labute approximate surface area is 141 Å². The number of piperidine rings is 1. The van der Waals surface area contributed by atoms with Crippen LogP contribution in [0, 0.1) is 17.3 Å². The highest BCUT2D eigenvalue weighted by atomic mass is 16.6. The normalized spacial score (nSPS) is 24.8. The summed E-state index contributed by atoms with van der Waals surface area (Å²) < 4.78 is 5.49. The smallest absolute Gasteiger partial charge is 0.410 e. The van der Waals surface area contributed by atoms with E-state index in [9.17, 15) is 4.79 Å². The number of hydrogen-bond donors (Lipinski definition) is 1. The van der Waals surface area contributed by atoms with Crippen LogP contribution in [-0.2, 0) is 4.74 Å². The number of amides is 1. The van der Waals surface area contributed by atoms with Gasteiger partial charge < -0.3 is 15.0 Å². The molecule has 1 heterocycles. The molecule has 3 rings (SSSR count). The first-order valence-corrected chi connectivity index (χ1v) is 9.47. The minimum absolute atomic E-state index is 0.152. The molecule has 1 saturated heterocycles. The molecular weight excluding hydrogens is 288 g/mol. The van der Waals surface area contributed by atoms with E-state index in [0.717, 1.165) is 50.4 Å². The van der Waals surface area contributed by atoms with Gasteiger partial charge in [0.2, 0.25) is 0 Å². The molecule has 0 aromatic rings. The van der Waals surface area contributed by atoms with Crippen LogP contribution in [0.5, 0.6) is 0 Å². The summed E-state index contributed by atoms with van der Waals surface area (Å²) in [5.74, 6) is 1.90. The van der Waals surface area contributed by atoms with Crippen molar-refractivity contribution in [3.8, 4) is 0 Å². The van der Waals surface area contributed by atoms with Crippen molar-refractivity contribution in [3.05, 3.63) is 0 Å². The lowest BCUT2D eigenvalue weighted by Gasteiger charge is -2.40. The number of nitrogens with one attached hydrogen (secondary N) is 1. The van der Waals surface area contributed by atoms with Gasteiger partial charge in [0, 0.05) is 25.7 Å². The van der Waals surface area contributed by atoms with E-state index in [1.54, 1.807) is 0 Å². The Kier molecular flexibility index (Phi) is 4.65. The highest BCUT2D eigenvalue weighted by Crippen LogP contribution is 2.45. The molecule has 2 saturated carbocycles. The lowest BCUT2D eigenvalue weighted by Crippen LogP contribution is -2.49. The number of ether oxygens (including phenoxy) is 1. The maximum atomic E-state index is 12.2. The van der Waals surface area contributed by atoms with Crippen LogP contribution in [0.2, 0.25) is 0 Å². The third kappa shape index (κ3) is 4.85. The predicted molar refractivity (Wildman–Crippen MR) is 92.4 cm³/mol. The molecule has 0 radical (unpaired) electrons. The highest BCUT2D eigenvalue weighted by Gasteiger charge is 2.42. The van der Waals surface area contributed by atoms with Crippen molar-refractivity contribution >= 4 is 6.09 Å². The molecule has 2 aliphatic carbocycles. The predicted octanol–water partition coefficient (Wildman–Crippen LogP) is 3.80.